The largest absolute Gasteiger partial charge is 0.469 e. The van der Waals surface area contributed by atoms with Crippen LogP contribution in [0.2, 0.25) is 0 Å². The summed E-state index contributed by atoms with van der Waals surface area (Å²) in [6.45, 7) is 0.293. The van der Waals surface area contributed by atoms with Crippen molar-refractivity contribution in [3.63, 3.8) is 0 Å². The third kappa shape index (κ3) is 2.62. The highest BCUT2D eigenvalue weighted by atomic mass is 19.3. The number of carbonyl (C=O) groups is 1. The molecule has 0 saturated carbocycles. The first-order chi connectivity index (χ1) is 6.15. The van der Waals surface area contributed by atoms with Gasteiger partial charge in [0.25, 0.3) is 6.43 Å². The molecule has 76 valence electrons. The maximum absolute atomic E-state index is 12.2. The maximum Gasteiger partial charge on any atom is 0.309 e. The number of carbonyl (C=O) groups excluding carboxylic acids is 1. The van der Waals surface area contributed by atoms with Gasteiger partial charge in [0.2, 0.25) is 0 Å². The van der Waals surface area contributed by atoms with Crippen LogP contribution < -0.4 is 5.32 Å². The fraction of sp³-hybridized carbons (Fsp3) is 0.875. The third-order valence-corrected chi connectivity index (χ3v) is 2.29. The number of nitrogens with one attached hydrogen (secondary N) is 1. The quantitative estimate of drug-likeness (QED) is 0.659. The fourth-order valence-electron chi connectivity index (χ4n) is 1.46. The average molecular weight is 193 g/mol. The van der Waals surface area contributed by atoms with E-state index in [1.54, 1.807) is 0 Å². The molecule has 3 nitrogen and oxygen atoms in total. The van der Waals surface area contributed by atoms with E-state index in [0.29, 0.717) is 19.4 Å². The lowest BCUT2D eigenvalue weighted by Gasteiger charge is -2.27. The second-order valence-electron chi connectivity index (χ2n) is 3.15. The number of ether oxygens (including phenoxy) is 1. The molecule has 0 amide bonds. The molecule has 2 atom stereocenters. The second-order valence-corrected chi connectivity index (χ2v) is 3.15. The lowest BCUT2D eigenvalue weighted by Crippen LogP contribution is -2.45. The van der Waals surface area contributed by atoms with Crippen molar-refractivity contribution in [3.8, 4) is 0 Å². The zero-order valence-corrected chi connectivity index (χ0v) is 7.43. The SMILES string of the molecule is COC(=O)C1CCC(C(F)F)NC1. The average Bonchev–Trinajstić information content (AvgIpc) is 2.17. The minimum absolute atomic E-state index is 0.264. The number of hydrogen-bond donors (Lipinski definition) is 1. The number of hydrogen-bond acceptors (Lipinski definition) is 3. The molecule has 1 aliphatic rings. The summed E-state index contributed by atoms with van der Waals surface area (Å²) in [5.41, 5.74) is 0. The highest BCUT2D eigenvalue weighted by molar-refractivity contribution is 5.72. The summed E-state index contributed by atoms with van der Waals surface area (Å²) in [6, 6.07) is -0.763. The van der Waals surface area contributed by atoms with Gasteiger partial charge in [-0.3, -0.25) is 4.79 Å². The van der Waals surface area contributed by atoms with E-state index in [4.69, 9.17) is 0 Å². The van der Waals surface area contributed by atoms with E-state index in [2.05, 4.69) is 10.1 Å². The van der Waals surface area contributed by atoms with E-state index in [1.165, 1.54) is 7.11 Å². The van der Waals surface area contributed by atoms with E-state index < -0.39 is 12.5 Å². The van der Waals surface area contributed by atoms with Gasteiger partial charge in [-0.2, -0.15) is 0 Å². The molecule has 0 aromatic heterocycles. The lowest BCUT2D eigenvalue weighted by molar-refractivity contribution is -0.146. The van der Waals surface area contributed by atoms with E-state index in [-0.39, 0.29) is 11.9 Å². The number of esters is 1. The zero-order chi connectivity index (χ0) is 9.84. The maximum atomic E-state index is 12.2. The molecule has 13 heavy (non-hydrogen) atoms. The van der Waals surface area contributed by atoms with Gasteiger partial charge in [0, 0.05) is 6.54 Å². The van der Waals surface area contributed by atoms with Crippen LogP contribution in [0.5, 0.6) is 0 Å². The Morgan fingerprint density at radius 3 is 2.62 bits per heavy atom. The summed E-state index contributed by atoms with van der Waals surface area (Å²) >= 11 is 0. The van der Waals surface area contributed by atoms with Gasteiger partial charge >= 0.3 is 5.97 Å². The van der Waals surface area contributed by atoms with Gasteiger partial charge < -0.3 is 10.1 Å². The number of halogens is 2. The van der Waals surface area contributed by atoms with Crippen LogP contribution >= 0.6 is 0 Å². The third-order valence-electron chi connectivity index (χ3n) is 2.29. The Morgan fingerprint density at radius 1 is 1.54 bits per heavy atom. The number of piperidine rings is 1. The normalized spacial score (nSPS) is 28.9. The smallest absolute Gasteiger partial charge is 0.309 e. The van der Waals surface area contributed by atoms with Crippen molar-refractivity contribution in [1.82, 2.24) is 5.32 Å². The molecule has 2 unspecified atom stereocenters. The molecule has 0 radical (unpaired) electrons. The molecule has 5 heteroatoms. The van der Waals surface area contributed by atoms with Crippen LogP contribution in [0.1, 0.15) is 12.8 Å². The Kier molecular flexibility index (Phi) is 3.59. The monoisotopic (exact) mass is 193 g/mol. The first-order valence-electron chi connectivity index (χ1n) is 4.24. The molecule has 0 aliphatic carbocycles. The van der Waals surface area contributed by atoms with Crippen LogP contribution in [0.4, 0.5) is 8.78 Å². The van der Waals surface area contributed by atoms with Crippen molar-refractivity contribution in [3.05, 3.63) is 0 Å². The summed E-state index contributed by atoms with van der Waals surface area (Å²) in [5, 5.41) is 2.63. The molecular weight excluding hydrogens is 180 g/mol. The Bertz CT molecular complexity index is 179. The summed E-state index contributed by atoms with van der Waals surface area (Å²) < 4.78 is 28.8. The van der Waals surface area contributed by atoms with Gasteiger partial charge in [-0.1, -0.05) is 0 Å². The van der Waals surface area contributed by atoms with Crippen molar-refractivity contribution in [1.29, 1.82) is 0 Å². The van der Waals surface area contributed by atoms with Crippen LogP contribution in [-0.2, 0) is 9.53 Å². The zero-order valence-electron chi connectivity index (χ0n) is 7.43. The predicted molar refractivity (Wildman–Crippen MR) is 42.5 cm³/mol. The van der Waals surface area contributed by atoms with Crippen molar-refractivity contribution in [2.24, 2.45) is 5.92 Å². The molecule has 1 N–H and O–H groups in total. The van der Waals surface area contributed by atoms with E-state index in [0.717, 1.165) is 0 Å². The van der Waals surface area contributed by atoms with Crippen molar-refractivity contribution in [2.45, 2.75) is 25.3 Å². The molecule has 0 aromatic carbocycles. The van der Waals surface area contributed by atoms with Crippen LogP contribution in [0.3, 0.4) is 0 Å². The summed E-state index contributed by atoms with van der Waals surface area (Å²) in [6.07, 6.45) is -1.54. The Labute approximate surface area is 75.4 Å². The lowest BCUT2D eigenvalue weighted by atomic mass is 9.95. The van der Waals surface area contributed by atoms with Gasteiger partial charge in [0.1, 0.15) is 0 Å². The van der Waals surface area contributed by atoms with Gasteiger partial charge in [0.05, 0.1) is 19.1 Å². The van der Waals surface area contributed by atoms with E-state index in [1.807, 2.05) is 0 Å². The van der Waals surface area contributed by atoms with Crippen LogP contribution in [0.15, 0.2) is 0 Å². The van der Waals surface area contributed by atoms with Gasteiger partial charge in [-0.05, 0) is 12.8 Å². The molecule has 1 heterocycles. The van der Waals surface area contributed by atoms with Crippen molar-refractivity contribution >= 4 is 5.97 Å². The standard InChI is InChI=1S/C8H13F2NO2/c1-13-8(12)5-2-3-6(7(9)10)11-4-5/h5-7,11H,2-4H2,1H3. The van der Waals surface area contributed by atoms with Crippen LogP contribution in [0, 0.1) is 5.92 Å². The van der Waals surface area contributed by atoms with E-state index >= 15 is 0 Å². The van der Waals surface area contributed by atoms with Crippen molar-refractivity contribution < 1.29 is 18.3 Å². The van der Waals surface area contributed by atoms with Crippen LogP contribution in [0.25, 0.3) is 0 Å². The van der Waals surface area contributed by atoms with Gasteiger partial charge in [0.15, 0.2) is 0 Å². The molecule has 1 aliphatic heterocycles. The van der Waals surface area contributed by atoms with Gasteiger partial charge in [-0.25, -0.2) is 8.78 Å². The summed E-state index contributed by atoms with van der Waals surface area (Å²) in [4.78, 5) is 11.0. The number of alkyl halides is 2. The Hall–Kier alpha value is -0.710. The Morgan fingerprint density at radius 2 is 2.23 bits per heavy atom. The molecule has 0 aromatic rings. The fourth-order valence-corrected chi connectivity index (χ4v) is 1.46. The first kappa shape index (κ1) is 10.4. The predicted octanol–water partition coefficient (Wildman–Crippen LogP) is 0.793. The minimum Gasteiger partial charge on any atom is -0.469 e. The first-order valence-corrected chi connectivity index (χ1v) is 4.24. The number of rotatable bonds is 2. The summed E-state index contributed by atoms with van der Waals surface area (Å²) in [7, 11) is 1.31. The van der Waals surface area contributed by atoms with Crippen LogP contribution in [-0.4, -0.2) is 32.1 Å². The molecule has 1 saturated heterocycles. The molecular formula is C8H13F2NO2. The molecule has 0 spiro atoms. The number of methoxy groups -OCH3 is 1. The molecule has 0 bridgehead atoms. The molecule has 1 fully saturated rings. The molecule has 1 rings (SSSR count). The second kappa shape index (κ2) is 4.50. The highest BCUT2D eigenvalue weighted by Gasteiger charge is 2.30. The minimum atomic E-state index is -2.35. The summed E-state index contributed by atoms with van der Waals surface area (Å²) in [5.74, 6) is -0.583. The highest BCUT2D eigenvalue weighted by Crippen LogP contribution is 2.19. The van der Waals surface area contributed by atoms with E-state index in [9.17, 15) is 13.6 Å². The Balaban J connectivity index is 2.34. The van der Waals surface area contributed by atoms with Crippen molar-refractivity contribution in [2.75, 3.05) is 13.7 Å². The van der Waals surface area contributed by atoms with Gasteiger partial charge in [-0.15, -0.1) is 0 Å². The topological polar surface area (TPSA) is 38.3 Å².